The van der Waals surface area contributed by atoms with E-state index in [0.29, 0.717) is 5.69 Å². The van der Waals surface area contributed by atoms with E-state index in [0.717, 1.165) is 29.9 Å². The lowest BCUT2D eigenvalue weighted by Gasteiger charge is -2.13. The maximum absolute atomic E-state index is 12.2. The lowest BCUT2D eigenvalue weighted by atomic mass is 9.97. The molecule has 0 spiro atoms. The average molecular weight is 335 g/mol. The van der Waals surface area contributed by atoms with E-state index in [1.807, 2.05) is 37.3 Å². The number of carbonyl (C=O) groups excluding carboxylic acids is 1. The van der Waals surface area contributed by atoms with Crippen molar-refractivity contribution < 1.29 is 4.79 Å². The third-order valence-corrected chi connectivity index (χ3v) is 4.47. The zero-order valence-corrected chi connectivity index (χ0v) is 14.7. The van der Waals surface area contributed by atoms with Crippen molar-refractivity contribution in [3.63, 3.8) is 0 Å². The number of nitrogens with zero attached hydrogens (tertiary/aromatic N) is 1. The zero-order valence-electron chi connectivity index (χ0n) is 14.7. The summed E-state index contributed by atoms with van der Waals surface area (Å²) in [5.74, 6) is -0.192. The number of benzene rings is 1. The van der Waals surface area contributed by atoms with Crippen molar-refractivity contribution in [2.75, 3.05) is 17.2 Å². The molecule has 2 N–H and O–H groups in total. The molecule has 4 heteroatoms. The van der Waals surface area contributed by atoms with E-state index in [1.165, 1.54) is 25.7 Å². The summed E-state index contributed by atoms with van der Waals surface area (Å²) in [5.41, 5.74) is 4.86. The van der Waals surface area contributed by atoms with Gasteiger partial charge in [-0.1, -0.05) is 29.3 Å². The van der Waals surface area contributed by atoms with Gasteiger partial charge >= 0.3 is 0 Å². The molecule has 0 aliphatic heterocycles. The summed E-state index contributed by atoms with van der Waals surface area (Å²) < 4.78 is 0. The second-order valence-electron chi connectivity index (χ2n) is 6.54. The molecule has 4 nitrogen and oxygen atoms in total. The molecule has 0 radical (unpaired) electrons. The van der Waals surface area contributed by atoms with Crippen LogP contribution in [0.5, 0.6) is 0 Å². The summed E-state index contributed by atoms with van der Waals surface area (Å²) in [5, 5.41) is 6.24. The fourth-order valence-electron chi connectivity index (χ4n) is 2.96. The van der Waals surface area contributed by atoms with Gasteiger partial charge < -0.3 is 10.6 Å². The van der Waals surface area contributed by atoms with E-state index in [-0.39, 0.29) is 5.91 Å². The topological polar surface area (TPSA) is 54.0 Å². The number of hydrogen-bond donors (Lipinski definition) is 2. The number of allylic oxidation sites excluding steroid dienone is 1. The van der Waals surface area contributed by atoms with Crippen LogP contribution in [0.4, 0.5) is 11.4 Å². The molecule has 25 heavy (non-hydrogen) atoms. The number of amides is 1. The van der Waals surface area contributed by atoms with Crippen molar-refractivity contribution in [3.05, 3.63) is 65.5 Å². The Morgan fingerprint density at radius 2 is 1.88 bits per heavy atom. The first-order valence-electron chi connectivity index (χ1n) is 8.96. The average Bonchev–Trinajstić information content (AvgIpc) is 2.65. The number of carbonyl (C=O) groups is 1. The van der Waals surface area contributed by atoms with Gasteiger partial charge in [0.2, 0.25) is 0 Å². The molecular formula is C21H25N3O. The van der Waals surface area contributed by atoms with Crippen LogP contribution in [0.15, 0.2) is 54.2 Å². The lowest BCUT2D eigenvalue weighted by molar-refractivity contribution is 0.102. The molecule has 0 bridgehead atoms. The summed E-state index contributed by atoms with van der Waals surface area (Å²) >= 11 is 0. The summed E-state index contributed by atoms with van der Waals surface area (Å²) in [6.07, 6.45) is 10.3. The SMILES string of the molecule is Cc1ccc(NC(=O)c2ccc(NCCC3=CCCCC3)cn2)cc1. The van der Waals surface area contributed by atoms with Gasteiger partial charge in [0, 0.05) is 12.2 Å². The van der Waals surface area contributed by atoms with Crippen molar-refractivity contribution in [2.45, 2.75) is 39.0 Å². The highest BCUT2D eigenvalue weighted by Gasteiger charge is 2.08. The van der Waals surface area contributed by atoms with E-state index < -0.39 is 0 Å². The number of nitrogens with one attached hydrogen (secondary N) is 2. The number of pyridine rings is 1. The van der Waals surface area contributed by atoms with Crippen molar-refractivity contribution in [1.82, 2.24) is 4.98 Å². The molecule has 1 aromatic carbocycles. The predicted molar refractivity (Wildman–Crippen MR) is 103 cm³/mol. The van der Waals surface area contributed by atoms with Crippen LogP contribution >= 0.6 is 0 Å². The van der Waals surface area contributed by atoms with Gasteiger partial charge in [0.05, 0.1) is 11.9 Å². The van der Waals surface area contributed by atoms with E-state index in [2.05, 4.69) is 21.7 Å². The molecule has 0 saturated heterocycles. The second kappa shape index (κ2) is 8.47. The van der Waals surface area contributed by atoms with Crippen LogP contribution in [-0.4, -0.2) is 17.4 Å². The van der Waals surface area contributed by atoms with Crippen LogP contribution in [0.25, 0.3) is 0 Å². The van der Waals surface area contributed by atoms with Gasteiger partial charge in [-0.15, -0.1) is 0 Å². The van der Waals surface area contributed by atoms with Gasteiger partial charge in [-0.2, -0.15) is 0 Å². The van der Waals surface area contributed by atoms with Gasteiger partial charge in [-0.3, -0.25) is 4.79 Å². The van der Waals surface area contributed by atoms with Crippen molar-refractivity contribution in [3.8, 4) is 0 Å². The van der Waals surface area contributed by atoms with E-state index in [4.69, 9.17) is 0 Å². The maximum Gasteiger partial charge on any atom is 0.274 e. The van der Waals surface area contributed by atoms with Crippen LogP contribution in [0.1, 0.15) is 48.2 Å². The minimum absolute atomic E-state index is 0.192. The standard InChI is InChI=1S/C21H25N3O/c1-16-7-9-18(10-8-16)24-21(25)20-12-11-19(15-23-20)22-14-13-17-5-3-2-4-6-17/h5,7-12,15,22H,2-4,6,13-14H2,1H3,(H,24,25). The van der Waals surface area contributed by atoms with Crippen molar-refractivity contribution >= 4 is 17.3 Å². The molecule has 3 rings (SSSR count). The monoisotopic (exact) mass is 335 g/mol. The van der Waals surface area contributed by atoms with E-state index in [9.17, 15) is 4.79 Å². The number of aromatic nitrogens is 1. The summed E-state index contributed by atoms with van der Waals surface area (Å²) in [6, 6.07) is 11.4. The molecule has 1 aromatic heterocycles. The number of hydrogen-bond acceptors (Lipinski definition) is 3. The fraction of sp³-hybridized carbons (Fsp3) is 0.333. The first-order chi connectivity index (χ1) is 12.2. The van der Waals surface area contributed by atoms with Gasteiger partial charge in [-0.05, 0) is 63.3 Å². The molecule has 0 fully saturated rings. The van der Waals surface area contributed by atoms with Gasteiger partial charge in [0.1, 0.15) is 5.69 Å². The first-order valence-corrected chi connectivity index (χ1v) is 8.96. The molecule has 0 atom stereocenters. The van der Waals surface area contributed by atoms with E-state index >= 15 is 0 Å². The Balaban J connectivity index is 1.50. The number of aryl methyl sites for hydroxylation is 1. The van der Waals surface area contributed by atoms with Crippen LogP contribution < -0.4 is 10.6 Å². The Hall–Kier alpha value is -2.62. The molecule has 2 aromatic rings. The predicted octanol–water partition coefficient (Wildman–Crippen LogP) is 4.94. The molecular weight excluding hydrogens is 310 g/mol. The Morgan fingerprint density at radius 3 is 2.56 bits per heavy atom. The Bertz CT molecular complexity index is 733. The minimum Gasteiger partial charge on any atom is -0.383 e. The van der Waals surface area contributed by atoms with Crippen LogP contribution in [0.3, 0.4) is 0 Å². The first kappa shape index (κ1) is 17.2. The van der Waals surface area contributed by atoms with Crippen LogP contribution in [-0.2, 0) is 0 Å². The second-order valence-corrected chi connectivity index (χ2v) is 6.54. The summed E-state index contributed by atoms with van der Waals surface area (Å²) in [6.45, 7) is 2.92. The molecule has 0 unspecified atom stereocenters. The molecule has 130 valence electrons. The number of anilines is 2. The highest BCUT2D eigenvalue weighted by atomic mass is 16.1. The normalized spacial score (nSPS) is 13.9. The minimum atomic E-state index is -0.192. The Labute approximate surface area is 149 Å². The molecule has 1 heterocycles. The highest BCUT2D eigenvalue weighted by molar-refractivity contribution is 6.02. The van der Waals surface area contributed by atoms with Gasteiger partial charge in [0.15, 0.2) is 0 Å². The van der Waals surface area contributed by atoms with Crippen molar-refractivity contribution in [1.29, 1.82) is 0 Å². The van der Waals surface area contributed by atoms with E-state index in [1.54, 1.807) is 17.8 Å². The lowest BCUT2D eigenvalue weighted by Crippen LogP contribution is -2.14. The molecule has 1 aliphatic carbocycles. The largest absolute Gasteiger partial charge is 0.383 e. The smallest absolute Gasteiger partial charge is 0.274 e. The highest BCUT2D eigenvalue weighted by Crippen LogP contribution is 2.20. The summed E-state index contributed by atoms with van der Waals surface area (Å²) in [7, 11) is 0. The zero-order chi connectivity index (χ0) is 17.5. The Kier molecular flexibility index (Phi) is 5.83. The third-order valence-electron chi connectivity index (χ3n) is 4.47. The summed E-state index contributed by atoms with van der Waals surface area (Å²) in [4.78, 5) is 16.5. The van der Waals surface area contributed by atoms with Gasteiger partial charge in [0.25, 0.3) is 5.91 Å². The molecule has 1 aliphatic rings. The fourth-order valence-corrected chi connectivity index (χ4v) is 2.96. The van der Waals surface area contributed by atoms with Crippen LogP contribution in [0.2, 0.25) is 0 Å². The number of rotatable bonds is 6. The molecule has 0 saturated carbocycles. The third kappa shape index (κ3) is 5.18. The van der Waals surface area contributed by atoms with Gasteiger partial charge in [-0.25, -0.2) is 4.98 Å². The Morgan fingerprint density at radius 1 is 1.08 bits per heavy atom. The quantitative estimate of drug-likeness (QED) is 0.735. The van der Waals surface area contributed by atoms with Crippen LogP contribution in [0, 0.1) is 6.92 Å². The molecule has 1 amide bonds. The maximum atomic E-state index is 12.2. The van der Waals surface area contributed by atoms with Crippen molar-refractivity contribution in [2.24, 2.45) is 0 Å².